The first-order valence-electron chi connectivity index (χ1n) is 8.08. The second-order valence-electron chi connectivity index (χ2n) is 6.88. The lowest BCUT2D eigenvalue weighted by atomic mass is 9.74. The molecule has 5 aliphatic rings. The Morgan fingerprint density at radius 2 is 1.73 bits per heavy atom. The quantitative estimate of drug-likeness (QED) is 0.712. The van der Waals surface area contributed by atoms with E-state index in [0.29, 0.717) is 43.8 Å². The number of hydrogen-bond donors (Lipinski definition) is 2. The van der Waals surface area contributed by atoms with Gasteiger partial charge >= 0.3 is 0 Å². The molecule has 0 aromatic heterocycles. The molecule has 0 aromatic rings. The van der Waals surface area contributed by atoms with Crippen LogP contribution in [0.1, 0.15) is 25.7 Å². The average molecular weight is 308 g/mol. The van der Waals surface area contributed by atoms with Gasteiger partial charge in [-0.25, -0.2) is 0 Å². The fourth-order valence-electron chi connectivity index (χ4n) is 4.74. The Labute approximate surface area is 128 Å². The van der Waals surface area contributed by atoms with E-state index in [-0.39, 0.29) is 35.9 Å². The van der Waals surface area contributed by atoms with Crippen molar-refractivity contribution in [1.82, 2.24) is 0 Å². The second-order valence-corrected chi connectivity index (χ2v) is 6.88. The lowest BCUT2D eigenvalue weighted by Gasteiger charge is -2.35. The Bertz CT molecular complexity index is 567. The third kappa shape index (κ3) is 1.71. The van der Waals surface area contributed by atoms with Crippen LogP contribution in [0.3, 0.4) is 0 Å². The van der Waals surface area contributed by atoms with Crippen LogP contribution in [0.4, 0.5) is 0 Å². The summed E-state index contributed by atoms with van der Waals surface area (Å²) in [6, 6.07) is 0. The van der Waals surface area contributed by atoms with Gasteiger partial charge in [0.05, 0.1) is 31.0 Å². The highest BCUT2D eigenvalue weighted by Crippen LogP contribution is 2.50. The summed E-state index contributed by atoms with van der Waals surface area (Å²) >= 11 is 0. The van der Waals surface area contributed by atoms with E-state index in [2.05, 4.69) is 0 Å². The second kappa shape index (κ2) is 4.63. The van der Waals surface area contributed by atoms with Crippen LogP contribution in [0.25, 0.3) is 0 Å². The summed E-state index contributed by atoms with van der Waals surface area (Å²) < 4.78 is 23.4. The maximum absolute atomic E-state index is 10.0. The molecule has 2 N–H and O–H groups in total. The largest absolute Gasteiger partial charge is 0.508 e. The number of fused-ring (bicyclic) bond motifs is 5. The summed E-state index contributed by atoms with van der Waals surface area (Å²) in [5.74, 6) is 1.08. The predicted molar refractivity (Wildman–Crippen MR) is 74.0 cm³/mol. The Morgan fingerprint density at radius 1 is 0.909 bits per heavy atom. The zero-order valence-electron chi connectivity index (χ0n) is 12.2. The van der Waals surface area contributed by atoms with Crippen molar-refractivity contribution in [1.29, 1.82) is 0 Å². The fourth-order valence-corrected chi connectivity index (χ4v) is 4.74. The Hall–Kier alpha value is -1.24. The van der Waals surface area contributed by atoms with E-state index in [4.69, 9.17) is 18.9 Å². The SMILES string of the molecule is OC1=C(O)C2=C(CC1)C1OC3CC4OCOC4CC3C1CO2. The highest BCUT2D eigenvalue weighted by molar-refractivity contribution is 5.36. The highest BCUT2D eigenvalue weighted by atomic mass is 16.7. The van der Waals surface area contributed by atoms with Crippen LogP contribution in [0.5, 0.6) is 0 Å². The summed E-state index contributed by atoms with van der Waals surface area (Å²) in [5, 5.41) is 19.7. The monoisotopic (exact) mass is 308 g/mol. The molecule has 6 heteroatoms. The van der Waals surface area contributed by atoms with Crippen LogP contribution in [0.2, 0.25) is 0 Å². The van der Waals surface area contributed by atoms with Crippen molar-refractivity contribution in [3.05, 3.63) is 22.9 Å². The van der Waals surface area contributed by atoms with E-state index < -0.39 is 0 Å². The summed E-state index contributed by atoms with van der Waals surface area (Å²) in [6.45, 7) is 0.923. The van der Waals surface area contributed by atoms with Crippen molar-refractivity contribution in [3.8, 4) is 0 Å². The van der Waals surface area contributed by atoms with Gasteiger partial charge in [-0.3, -0.25) is 0 Å². The fraction of sp³-hybridized carbons (Fsp3) is 0.750. The van der Waals surface area contributed by atoms with Gasteiger partial charge in [0.1, 0.15) is 12.6 Å². The van der Waals surface area contributed by atoms with Crippen molar-refractivity contribution in [3.63, 3.8) is 0 Å². The molecule has 120 valence electrons. The Morgan fingerprint density at radius 3 is 2.59 bits per heavy atom. The van der Waals surface area contributed by atoms with Gasteiger partial charge in [0.15, 0.2) is 11.5 Å². The molecule has 0 spiro atoms. The third-order valence-electron chi connectivity index (χ3n) is 5.86. The molecule has 3 aliphatic heterocycles. The van der Waals surface area contributed by atoms with Crippen LogP contribution in [0, 0.1) is 11.8 Å². The van der Waals surface area contributed by atoms with Crippen LogP contribution < -0.4 is 0 Å². The number of allylic oxidation sites excluding steroid dienone is 1. The standard InChI is InChI=1S/C16H20O6/c17-10-2-1-7-15-9(5-19-16(7)14(10)18)8-3-12-13(21-6-20-12)4-11(8)22-15/h8-9,11-13,15,17-18H,1-6H2. The molecule has 3 fully saturated rings. The van der Waals surface area contributed by atoms with E-state index in [1.54, 1.807) is 0 Å². The van der Waals surface area contributed by atoms with E-state index in [9.17, 15) is 10.2 Å². The van der Waals surface area contributed by atoms with Crippen molar-refractivity contribution in [2.45, 2.75) is 50.1 Å². The van der Waals surface area contributed by atoms with Crippen molar-refractivity contribution < 1.29 is 29.2 Å². The van der Waals surface area contributed by atoms with E-state index in [1.165, 1.54) is 0 Å². The van der Waals surface area contributed by atoms with Crippen molar-refractivity contribution in [2.75, 3.05) is 13.4 Å². The topological polar surface area (TPSA) is 77.4 Å². The lowest BCUT2D eigenvalue weighted by molar-refractivity contribution is -0.0240. The normalized spacial score (nSPS) is 46.7. The molecule has 6 nitrogen and oxygen atoms in total. The molecule has 3 heterocycles. The number of aliphatic hydroxyl groups excluding tert-OH is 2. The molecule has 22 heavy (non-hydrogen) atoms. The zero-order chi connectivity index (χ0) is 14.8. The Balaban J connectivity index is 1.45. The van der Waals surface area contributed by atoms with E-state index in [1.807, 2.05) is 0 Å². The minimum atomic E-state index is -0.110. The summed E-state index contributed by atoms with van der Waals surface area (Å²) in [4.78, 5) is 0. The summed E-state index contributed by atoms with van der Waals surface area (Å²) in [7, 11) is 0. The smallest absolute Gasteiger partial charge is 0.196 e. The van der Waals surface area contributed by atoms with Gasteiger partial charge in [0, 0.05) is 24.3 Å². The number of rotatable bonds is 0. The van der Waals surface area contributed by atoms with Crippen molar-refractivity contribution >= 4 is 0 Å². The predicted octanol–water partition coefficient (Wildman–Crippen LogP) is 1.93. The number of hydrogen-bond acceptors (Lipinski definition) is 6. The molecule has 6 atom stereocenters. The molecular formula is C16H20O6. The van der Waals surface area contributed by atoms with Gasteiger partial charge in [-0.15, -0.1) is 0 Å². The maximum Gasteiger partial charge on any atom is 0.196 e. The third-order valence-corrected chi connectivity index (χ3v) is 5.86. The van der Waals surface area contributed by atoms with Crippen LogP contribution in [-0.4, -0.2) is 48.0 Å². The molecular weight excluding hydrogens is 288 g/mol. The summed E-state index contributed by atoms with van der Waals surface area (Å²) in [6.07, 6.45) is 3.47. The first-order valence-corrected chi connectivity index (χ1v) is 8.08. The first-order chi connectivity index (χ1) is 10.7. The van der Waals surface area contributed by atoms with Gasteiger partial charge in [0.2, 0.25) is 0 Å². The van der Waals surface area contributed by atoms with E-state index >= 15 is 0 Å². The van der Waals surface area contributed by atoms with Gasteiger partial charge in [-0.2, -0.15) is 0 Å². The van der Waals surface area contributed by atoms with Gasteiger partial charge in [0.25, 0.3) is 0 Å². The van der Waals surface area contributed by atoms with Crippen LogP contribution >= 0.6 is 0 Å². The summed E-state index contributed by atoms with van der Waals surface area (Å²) in [5.41, 5.74) is 1.01. The molecule has 6 unspecified atom stereocenters. The lowest BCUT2D eigenvalue weighted by Crippen LogP contribution is -2.41. The van der Waals surface area contributed by atoms with Gasteiger partial charge < -0.3 is 29.2 Å². The van der Waals surface area contributed by atoms with Crippen molar-refractivity contribution in [2.24, 2.45) is 11.8 Å². The van der Waals surface area contributed by atoms with Crippen LogP contribution in [0.15, 0.2) is 22.9 Å². The zero-order valence-corrected chi connectivity index (χ0v) is 12.2. The molecule has 0 aromatic carbocycles. The average Bonchev–Trinajstić information content (AvgIpc) is 3.11. The highest BCUT2D eigenvalue weighted by Gasteiger charge is 2.55. The molecule has 5 rings (SSSR count). The molecule has 0 amide bonds. The minimum Gasteiger partial charge on any atom is -0.508 e. The molecule has 1 saturated carbocycles. The first kappa shape index (κ1) is 13.2. The van der Waals surface area contributed by atoms with E-state index in [0.717, 1.165) is 18.4 Å². The minimum absolute atomic E-state index is 0.00664. The van der Waals surface area contributed by atoms with Crippen LogP contribution in [-0.2, 0) is 18.9 Å². The molecule has 0 radical (unpaired) electrons. The van der Waals surface area contributed by atoms with Gasteiger partial charge in [-0.1, -0.05) is 0 Å². The maximum atomic E-state index is 10.0. The van der Waals surface area contributed by atoms with Gasteiger partial charge in [-0.05, 0) is 18.8 Å². The molecule has 0 bridgehead atoms. The Kier molecular flexibility index (Phi) is 2.78. The molecule has 2 saturated heterocycles. The molecule has 2 aliphatic carbocycles. The number of aliphatic hydroxyl groups is 2. The number of ether oxygens (including phenoxy) is 4.